The zero-order chi connectivity index (χ0) is 18.3. The van der Waals surface area contributed by atoms with Gasteiger partial charge in [0, 0.05) is 5.56 Å². The molecule has 0 aromatic heterocycles. The van der Waals surface area contributed by atoms with E-state index in [9.17, 15) is 5.11 Å². The lowest BCUT2D eigenvalue weighted by molar-refractivity contribution is 0.105. The molecule has 2 nitrogen and oxygen atoms in total. The minimum Gasteiger partial charge on any atom is -0.507 e. The predicted molar refractivity (Wildman–Crippen MR) is 106 cm³/mol. The van der Waals surface area contributed by atoms with Gasteiger partial charge in [-0.05, 0) is 62.4 Å². The van der Waals surface area contributed by atoms with Crippen LogP contribution in [0.2, 0.25) is 0 Å². The summed E-state index contributed by atoms with van der Waals surface area (Å²) < 4.78 is 6.30. The number of benzene rings is 3. The molecular weight excluding hydrogens is 320 g/mol. The lowest BCUT2D eigenvalue weighted by atomic mass is 9.84. The Morgan fingerprint density at radius 3 is 2.38 bits per heavy atom. The van der Waals surface area contributed by atoms with Crippen LogP contribution in [0.15, 0.2) is 60.7 Å². The standard InChI is InChI=1S/C24H24O2/c1-16-9-12-20-19(13-16)23-21(25)14-18(15-22(23)26-24(20,2)3)11-10-17-7-5-4-6-8-17/h4-9,12-15,25H,10-11H2,1-3H3. The van der Waals surface area contributed by atoms with Crippen LogP contribution in [0.4, 0.5) is 0 Å². The van der Waals surface area contributed by atoms with E-state index in [1.807, 2.05) is 12.1 Å². The van der Waals surface area contributed by atoms with Gasteiger partial charge in [-0.2, -0.15) is 0 Å². The van der Waals surface area contributed by atoms with Crippen molar-refractivity contribution in [3.05, 3.63) is 82.9 Å². The van der Waals surface area contributed by atoms with Crippen molar-refractivity contribution in [2.45, 2.75) is 39.2 Å². The first-order chi connectivity index (χ1) is 12.4. The minimum atomic E-state index is -0.416. The van der Waals surface area contributed by atoms with Crippen molar-refractivity contribution in [2.24, 2.45) is 0 Å². The fourth-order valence-electron chi connectivity index (χ4n) is 3.80. The van der Waals surface area contributed by atoms with E-state index in [1.165, 1.54) is 11.1 Å². The number of phenols is 1. The summed E-state index contributed by atoms with van der Waals surface area (Å²) in [6.45, 7) is 6.24. The molecule has 0 spiro atoms. The van der Waals surface area contributed by atoms with E-state index < -0.39 is 5.60 Å². The molecular formula is C24H24O2. The molecule has 0 fully saturated rings. The third kappa shape index (κ3) is 2.96. The summed E-state index contributed by atoms with van der Waals surface area (Å²) in [5.41, 5.74) is 6.15. The lowest BCUT2D eigenvalue weighted by Crippen LogP contribution is -2.29. The molecule has 0 bridgehead atoms. The van der Waals surface area contributed by atoms with Gasteiger partial charge in [0.25, 0.3) is 0 Å². The van der Waals surface area contributed by atoms with Crippen LogP contribution in [0.1, 0.15) is 36.1 Å². The molecule has 0 saturated carbocycles. The second-order valence-corrected chi connectivity index (χ2v) is 7.64. The van der Waals surface area contributed by atoms with Gasteiger partial charge < -0.3 is 9.84 Å². The monoisotopic (exact) mass is 344 g/mol. The van der Waals surface area contributed by atoms with Crippen molar-refractivity contribution in [3.63, 3.8) is 0 Å². The number of fused-ring (bicyclic) bond motifs is 3. The summed E-state index contributed by atoms with van der Waals surface area (Å²) in [5.74, 6) is 1.07. The summed E-state index contributed by atoms with van der Waals surface area (Å²) >= 11 is 0. The highest BCUT2D eigenvalue weighted by atomic mass is 16.5. The maximum absolute atomic E-state index is 10.8. The van der Waals surface area contributed by atoms with Gasteiger partial charge in [0.2, 0.25) is 0 Å². The molecule has 2 heteroatoms. The first-order valence-corrected chi connectivity index (χ1v) is 9.14. The summed E-state index contributed by atoms with van der Waals surface area (Å²) in [7, 11) is 0. The summed E-state index contributed by atoms with van der Waals surface area (Å²) in [6, 6.07) is 20.7. The van der Waals surface area contributed by atoms with Crippen molar-refractivity contribution in [1.29, 1.82) is 0 Å². The molecule has 0 unspecified atom stereocenters. The number of aromatic hydroxyl groups is 1. The predicted octanol–water partition coefficient (Wildman–Crippen LogP) is 5.78. The van der Waals surface area contributed by atoms with Crippen LogP contribution in [-0.4, -0.2) is 5.11 Å². The van der Waals surface area contributed by atoms with Crippen LogP contribution in [0.5, 0.6) is 11.5 Å². The second-order valence-electron chi connectivity index (χ2n) is 7.64. The van der Waals surface area contributed by atoms with E-state index in [-0.39, 0.29) is 0 Å². The Morgan fingerprint density at radius 1 is 0.885 bits per heavy atom. The average molecular weight is 344 g/mol. The largest absolute Gasteiger partial charge is 0.507 e. The number of phenolic OH excluding ortho intramolecular Hbond substituents is 1. The van der Waals surface area contributed by atoms with Gasteiger partial charge in [-0.25, -0.2) is 0 Å². The SMILES string of the molecule is Cc1ccc2c(c1)-c1c(O)cc(CCc3ccccc3)cc1OC2(C)C. The first kappa shape index (κ1) is 16.7. The molecule has 4 rings (SSSR count). The van der Waals surface area contributed by atoms with Gasteiger partial charge in [0.1, 0.15) is 17.1 Å². The quantitative estimate of drug-likeness (QED) is 0.652. The van der Waals surface area contributed by atoms with Crippen molar-refractivity contribution in [3.8, 4) is 22.6 Å². The van der Waals surface area contributed by atoms with Crippen molar-refractivity contribution < 1.29 is 9.84 Å². The minimum absolute atomic E-state index is 0.299. The fraction of sp³-hybridized carbons (Fsp3) is 0.250. The third-order valence-corrected chi connectivity index (χ3v) is 5.14. The van der Waals surface area contributed by atoms with Gasteiger partial charge in [0.15, 0.2) is 0 Å². The molecule has 132 valence electrons. The maximum Gasteiger partial charge on any atom is 0.132 e. The summed E-state index contributed by atoms with van der Waals surface area (Å²) in [6.07, 6.45) is 1.81. The Kier molecular flexibility index (Phi) is 3.99. The Morgan fingerprint density at radius 2 is 1.62 bits per heavy atom. The topological polar surface area (TPSA) is 29.5 Å². The number of hydrogen-bond donors (Lipinski definition) is 1. The molecule has 3 aromatic rings. The highest BCUT2D eigenvalue weighted by Gasteiger charge is 2.34. The zero-order valence-corrected chi connectivity index (χ0v) is 15.5. The molecule has 1 heterocycles. The van der Waals surface area contributed by atoms with E-state index >= 15 is 0 Å². The summed E-state index contributed by atoms with van der Waals surface area (Å²) in [5, 5.41) is 10.8. The second kappa shape index (κ2) is 6.21. The van der Waals surface area contributed by atoms with Gasteiger partial charge in [0.05, 0.1) is 5.56 Å². The lowest BCUT2D eigenvalue weighted by Gasteiger charge is -2.35. The maximum atomic E-state index is 10.8. The molecule has 0 atom stereocenters. The highest BCUT2D eigenvalue weighted by Crippen LogP contribution is 2.49. The molecule has 1 aliphatic heterocycles. The van der Waals surface area contributed by atoms with Crippen molar-refractivity contribution in [2.75, 3.05) is 0 Å². The Hall–Kier alpha value is -2.74. The number of aryl methyl sites for hydroxylation is 3. The van der Waals surface area contributed by atoms with Crippen LogP contribution in [0.25, 0.3) is 11.1 Å². The van der Waals surface area contributed by atoms with Gasteiger partial charge in [-0.3, -0.25) is 0 Å². The fourth-order valence-corrected chi connectivity index (χ4v) is 3.80. The summed E-state index contributed by atoms with van der Waals surface area (Å²) in [4.78, 5) is 0. The van der Waals surface area contributed by atoms with Crippen LogP contribution < -0.4 is 4.74 Å². The molecule has 1 aliphatic rings. The number of hydrogen-bond acceptors (Lipinski definition) is 2. The molecule has 1 N–H and O–H groups in total. The van der Waals surface area contributed by atoms with Gasteiger partial charge >= 0.3 is 0 Å². The molecule has 3 aromatic carbocycles. The molecule has 0 amide bonds. The highest BCUT2D eigenvalue weighted by molar-refractivity contribution is 5.82. The van der Waals surface area contributed by atoms with Gasteiger partial charge in [-0.1, -0.05) is 54.1 Å². The Balaban J connectivity index is 1.73. The zero-order valence-electron chi connectivity index (χ0n) is 15.5. The molecule has 0 radical (unpaired) electrons. The van der Waals surface area contributed by atoms with E-state index in [4.69, 9.17) is 4.74 Å². The van der Waals surface area contributed by atoms with E-state index in [0.717, 1.165) is 40.8 Å². The third-order valence-electron chi connectivity index (χ3n) is 5.14. The average Bonchev–Trinajstić information content (AvgIpc) is 2.59. The van der Waals surface area contributed by atoms with Crippen LogP contribution >= 0.6 is 0 Å². The molecule has 26 heavy (non-hydrogen) atoms. The van der Waals surface area contributed by atoms with E-state index in [2.05, 4.69) is 69.3 Å². The number of rotatable bonds is 3. The Bertz CT molecular complexity index is 955. The molecule has 0 saturated heterocycles. The van der Waals surface area contributed by atoms with Crippen LogP contribution in [0.3, 0.4) is 0 Å². The van der Waals surface area contributed by atoms with Crippen LogP contribution in [0, 0.1) is 6.92 Å². The van der Waals surface area contributed by atoms with Crippen molar-refractivity contribution >= 4 is 0 Å². The smallest absolute Gasteiger partial charge is 0.132 e. The first-order valence-electron chi connectivity index (χ1n) is 9.14. The normalized spacial score (nSPS) is 14.3. The Labute approximate surface area is 155 Å². The van der Waals surface area contributed by atoms with Gasteiger partial charge in [-0.15, -0.1) is 0 Å². The number of ether oxygens (including phenoxy) is 1. The molecule has 0 aliphatic carbocycles. The van der Waals surface area contributed by atoms with Crippen molar-refractivity contribution in [1.82, 2.24) is 0 Å². The van der Waals surface area contributed by atoms with E-state index in [1.54, 1.807) is 0 Å². The van der Waals surface area contributed by atoms with Crippen LogP contribution in [-0.2, 0) is 18.4 Å². The van der Waals surface area contributed by atoms with E-state index in [0.29, 0.717) is 5.75 Å².